The van der Waals surface area contributed by atoms with Crippen molar-refractivity contribution < 1.29 is 13.7 Å². The highest BCUT2D eigenvalue weighted by atomic mass is 31.2. The van der Waals surface area contributed by atoms with Crippen LogP contribution in [0.15, 0.2) is 188 Å². The Hall–Kier alpha value is -4.91. The van der Waals surface area contributed by atoms with E-state index < -0.39 is 21.4 Å². The molecule has 0 aliphatic heterocycles. The van der Waals surface area contributed by atoms with E-state index in [1.807, 2.05) is 158 Å². The molecular weight excluding hydrogens is 649 g/mol. The molecule has 5 nitrogen and oxygen atoms in total. The summed E-state index contributed by atoms with van der Waals surface area (Å²) >= 11 is 0. The van der Waals surface area contributed by atoms with Crippen LogP contribution in [-0.4, -0.2) is 9.97 Å². The Labute approximate surface area is 280 Å². The lowest BCUT2D eigenvalue weighted by molar-refractivity contribution is 0.591. The third-order valence-corrected chi connectivity index (χ3v) is 17.0. The number of rotatable bonds is 9. The van der Waals surface area contributed by atoms with E-state index in [0.29, 0.717) is 31.8 Å². The molecule has 0 radical (unpaired) electrons. The third kappa shape index (κ3) is 5.55. The van der Waals surface area contributed by atoms with Crippen molar-refractivity contribution in [2.45, 2.75) is 0 Å². The zero-order valence-electron chi connectivity index (χ0n) is 25.9. The minimum Gasteiger partial charge on any atom is -0.307 e. The van der Waals surface area contributed by atoms with Gasteiger partial charge in [0.15, 0.2) is 19.8 Å². The summed E-state index contributed by atoms with van der Waals surface area (Å²) in [4.78, 5) is 10.1. The van der Waals surface area contributed by atoms with Crippen molar-refractivity contribution in [3.63, 3.8) is 0 Å². The number of benzene rings is 6. The molecule has 0 saturated heterocycles. The van der Waals surface area contributed by atoms with Crippen molar-refractivity contribution in [1.82, 2.24) is 9.97 Å². The predicted octanol–water partition coefficient (Wildman–Crippen LogP) is 5.39. The summed E-state index contributed by atoms with van der Waals surface area (Å²) < 4.78 is 47.5. The van der Waals surface area contributed by atoms with Gasteiger partial charge in [-0.1, -0.05) is 182 Å². The second-order valence-electron chi connectivity index (χ2n) is 11.2. The molecule has 0 spiro atoms. The van der Waals surface area contributed by atoms with Gasteiger partial charge >= 0.3 is 0 Å². The van der Waals surface area contributed by atoms with Crippen molar-refractivity contribution in [3.8, 4) is 0 Å². The monoisotopic (exact) mass is 680 g/mol. The van der Waals surface area contributed by atoms with E-state index in [9.17, 15) is 0 Å². The van der Waals surface area contributed by atoms with Crippen LogP contribution in [0.5, 0.6) is 0 Å². The van der Waals surface area contributed by atoms with Crippen molar-refractivity contribution in [2.75, 3.05) is 0 Å². The van der Waals surface area contributed by atoms with E-state index in [4.69, 9.17) is 9.97 Å². The lowest BCUT2D eigenvalue weighted by Crippen LogP contribution is -2.41. The van der Waals surface area contributed by atoms with Crippen LogP contribution in [0.3, 0.4) is 0 Å². The van der Waals surface area contributed by atoms with Crippen LogP contribution in [0.2, 0.25) is 0 Å². The Bertz CT molecular complexity index is 1900. The SMILES string of the molecule is O=P(c1ccccc1)(c1ccccc1)c1cc(P(=O)(c2ccccc2)c2ccccc2)nc(P(=O)(c2ccccc2)c2ccccc2)n1. The number of hydrogen-bond acceptors (Lipinski definition) is 5. The van der Waals surface area contributed by atoms with Gasteiger partial charge < -0.3 is 13.7 Å². The van der Waals surface area contributed by atoms with Gasteiger partial charge in [-0.05, 0) is 6.07 Å². The summed E-state index contributed by atoms with van der Waals surface area (Å²) in [7, 11) is -11.3. The molecule has 0 N–H and O–H groups in total. The van der Waals surface area contributed by atoms with Crippen molar-refractivity contribution >= 4 is 69.7 Å². The molecule has 0 unspecified atom stereocenters. The smallest absolute Gasteiger partial charge is 0.206 e. The average molecular weight is 681 g/mol. The second-order valence-corrected chi connectivity index (χ2v) is 19.3. The van der Waals surface area contributed by atoms with E-state index in [0.717, 1.165) is 0 Å². The standard InChI is InChI=1S/C40H31N2O3P3/c43-46(32-19-7-1-8-20-32,33-21-9-2-10-22-33)38-31-39(47(44,34-23-11-3-12-24-34)35-25-13-4-14-26-35)42-40(41-38)48(45,36-27-15-5-16-28-36)37-29-17-6-18-30-37/h1-31H. The first-order valence-corrected chi connectivity index (χ1v) is 20.6. The third-order valence-electron chi connectivity index (χ3n) is 8.33. The molecule has 0 fully saturated rings. The molecule has 0 amide bonds. The Morgan fingerprint density at radius 3 is 0.729 bits per heavy atom. The fourth-order valence-electron chi connectivity index (χ4n) is 5.91. The first-order chi connectivity index (χ1) is 23.4. The summed E-state index contributed by atoms with van der Waals surface area (Å²) in [5.74, 6) is 0. The maximum absolute atomic E-state index is 15.9. The van der Waals surface area contributed by atoms with Gasteiger partial charge in [0.2, 0.25) is 7.14 Å². The van der Waals surface area contributed by atoms with Crippen LogP contribution in [0.1, 0.15) is 0 Å². The largest absolute Gasteiger partial charge is 0.307 e. The van der Waals surface area contributed by atoms with E-state index >= 15 is 13.7 Å². The first kappa shape index (κ1) is 31.7. The number of nitrogens with zero attached hydrogens (tertiary/aromatic N) is 2. The molecule has 6 aromatic carbocycles. The van der Waals surface area contributed by atoms with Gasteiger partial charge in [0.1, 0.15) is 10.9 Å². The lowest BCUT2D eigenvalue weighted by atomic mass is 10.4. The molecule has 0 aliphatic rings. The highest BCUT2D eigenvalue weighted by molar-refractivity contribution is 7.87. The summed E-state index contributed by atoms with van der Waals surface area (Å²) in [5.41, 5.74) is 0.310. The predicted molar refractivity (Wildman–Crippen MR) is 200 cm³/mol. The van der Waals surface area contributed by atoms with Gasteiger partial charge in [0, 0.05) is 31.8 Å². The zero-order chi connectivity index (χ0) is 33.0. The number of aromatic nitrogens is 2. The average Bonchev–Trinajstić information content (AvgIpc) is 3.18. The maximum Gasteiger partial charge on any atom is 0.206 e. The van der Waals surface area contributed by atoms with Crippen LogP contribution >= 0.6 is 21.4 Å². The second kappa shape index (κ2) is 13.3. The van der Waals surface area contributed by atoms with E-state index in [2.05, 4.69) is 0 Å². The summed E-state index contributed by atoms with van der Waals surface area (Å²) in [5, 5.41) is 3.24. The van der Waals surface area contributed by atoms with Gasteiger partial charge in [-0.15, -0.1) is 0 Å². The van der Waals surface area contributed by atoms with Gasteiger partial charge in [0.25, 0.3) is 0 Å². The normalized spacial score (nSPS) is 12.0. The lowest BCUT2D eigenvalue weighted by Gasteiger charge is -2.25. The molecule has 0 atom stereocenters. The molecule has 1 heterocycles. The van der Waals surface area contributed by atoms with Crippen molar-refractivity contribution in [2.24, 2.45) is 0 Å². The Balaban J connectivity index is 1.64. The summed E-state index contributed by atoms with van der Waals surface area (Å²) in [6.45, 7) is 0. The highest BCUT2D eigenvalue weighted by Gasteiger charge is 2.41. The molecule has 0 bridgehead atoms. The van der Waals surface area contributed by atoms with Gasteiger partial charge in [0.05, 0.1) is 0 Å². The Kier molecular flexibility index (Phi) is 8.78. The minimum atomic E-state index is -3.80. The number of hydrogen-bond donors (Lipinski definition) is 0. The minimum absolute atomic E-state index is 0.0217. The first-order valence-electron chi connectivity index (χ1n) is 15.5. The van der Waals surface area contributed by atoms with E-state index in [-0.39, 0.29) is 16.4 Å². The molecular formula is C40H31N2O3P3. The van der Waals surface area contributed by atoms with Crippen LogP contribution in [0, 0.1) is 0 Å². The van der Waals surface area contributed by atoms with Crippen molar-refractivity contribution in [3.05, 3.63) is 188 Å². The zero-order valence-corrected chi connectivity index (χ0v) is 28.5. The molecule has 7 aromatic rings. The quantitative estimate of drug-likeness (QED) is 0.191. The van der Waals surface area contributed by atoms with E-state index in [1.54, 1.807) is 30.3 Å². The van der Waals surface area contributed by atoms with Crippen molar-refractivity contribution in [1.29, 1.82) is 0 Å². The van der Waals surface area contributed by atoms with Gasteiger partial charge in [-0.3, -0.25) is 0 Å². The summed E-state index contributed by atoms with van der Waals surface area (Å²) in [6.07, 6.45) is 0. The van der Waals surface area contributed by atoms with Crippen LogP contribution in [0.4, 0.5) is 0 Å². The highest BCUT2D eigenvalue weighted by Crippen LogP contribution is 2.47. The molecule has 7 rings (SSSR count). The van der Waals surface area contributed by atoms with Crippen LogP contribution < -0.4 is 48.3 Å². The fourth-order valence-corrected chi connectivity index (χ4v) is 13.7. The van der Waals surface area contributed by atoms with Crippen LogP contribution in [0.25, 0.3) is 0 Å². The molecule has 8 heteroatoms. The topological polar surface area (TPSA) is 77.0 Å². The Morgan fingerprint density at radius 2 is 0.500 bits per heavy atom. The van der Waals surface area contributed by atoms with Gasteiger partial charge in [-0.2, -0.15) is 0 Å². The Morgan fingerprint density at radius 1 is 0.292 bits per heavy atom. The molecule has 0 saturated carbocycles. The fraction of sp³-hybridized carbons (Fsp3) is 0. The van der Waals surface area contributed by atoms with Crippen LogP contribution in [-0.2, 0) is 13.7 Å². The molecule has 0 aliphatic carbocycles. The van der Waals surface area contributed by atoms with Gasteiger partial charge in [-0.25, -0.2) is 9.97 Å². The van der Waals surface area contributed by atoms with E-state index in [1.165, 1.54) is 0 Å². The maximum atomic E-state index is 15.9. The molecule has 234 valence electrons. The molecule has 1 aromatic heterocycles. The molecule has 48 heavy (non-hydrogen) atoms. The summed E-state index contributed by atoms with van der Waals surface area (Å²) in [6, 6.07) is 56.6.